The Bertz CT molecular complexity index is 273. The summed E-state index contributed by atoms with van der Waals surface area (Å²) in [6.07, 6.45) is 0.430. The molecule has 1 spiro atoms. The van der Waals surface area contributed by atoms with Crippen LogP contribution < -0.4 is 10.6 Å². The van der Waals surface area contributed by atoms with Gasteiger partial charge in [-0.25, -0.2) is 0 Å². The van der Waals surface area contributed by atoms with E-state index in [1.54, 1.807) is 0 Å². The van der Waals surface area contributed by atoms with Gasteiger partial charge in [-0.05, 0) is 0 Å². The van der Waals surface area contributed by atoms with Crippen LogP contribution in [0.5, 0.6) is 0 Å². The highest BCUT2D eigenvalue weighted by molar-refractivity contribution is 5.83. The lowest BCUT2D eigenvalue weighted by atomic mass is 9.66. The Morgan fingerprint density at radius 3 is 2.79 bits per heavy atom. The highest BCUT2D eigenvalue weighted by atomic mass is 16.5. The molecule has 2 saturated heterocycles. The monoisotopic (exact) mass is 198 g/mol. The van der Waals surface area contributed by atoms with E-state index >= 15 is 0 Å². The first-order valence-electron chi connectivity index (χ1n) is 4.73. The third kappa shape index (κ3) is 1.28. The lowest BCUT2D eigenvalue weighted by molar-refractivity contribution is -0.156. The Kier molecular flexibility index (Phi) is 2.19. The van der Waals surface area contributed by atoms with E-state index in [4.69, 9.17) is 4.74 Å². The van der Waals surface area contributed by atoms with E-state index in [0.717, 1.165) is 13.1 Å². The lowest BCUT2D eigenvalue weighted by Gasteiger charge is -2.49. The number of nitrogens with one attached hydrogen (secondary N) is 2. The highest BCUT2D eigenvalue weighted by Crippen LogP contribution is 2.38. The average Bonchev–Trinajstić information content (AvgIpc) is 2.14. The van der Waals surface area contributed by atoms with Crippen LogP contribution in [-0.2, 0) is 14.3 Å². The molecule has 1 atom stereocenters. The van der Waals surface area contributed by atoms with Crippen LogP contribution in [0.1, 0.15) is 6.42 Å². The first-order chi connectivity index (χ1) is 6.68. The van der Waals surface area contributed by atoms with Gasteiger partial charge in [0.25, 0.3) is 0 Å². The fourth-order valence-electron chi connectivity index (χ4n) is 2.23. The molecule has 2 heterocycles. The molecular formula is C9H14N2O3. The SMILES string of the molecule is COC(=O)C1CNC(=O)CC12CNC2. The maximum Gasteiger partial charge on any atom is 0.311 e. The largest absolute Gasteiger partial charge is 0.469 e. The van der Waals surface area contributed by atoms with Gasteiger partial charge in [0.2, 0.25) is 5.91 Å². The number of carbonyl (C=O) groups excluding carboxylic acids is 2. The summed E-state index contributed by atoms with van der Waals surface area (Å²) in [5.74, 6) is -0.371. The Hall–Kier alpha value is -1.10. The van der Waals surface area contributed by atoms with Gasteiger partial charge >= 0.3 is 5.97 Å². The molecule has 5 nitrogen and oxygen atoms in total. The summed E-state index contributed by atoms with van der Waals surface area (Å²) in [6.45, 7) is 1.88. The molecule has 0 aromatic carbocycles. The molecule has 1 amide bonds. The minimum atomic E-state index is -0.216. The second kappa shape index (κ2) is 3.24. The Labute approximate surface area is 82.2 Å². The van der Waals surface area contributed by atoms with Gasteiger partial charge in [0, 0.05) is 31.5 Å². The van der Waals surface area contributed by atoms with Crippen LogP contribution in [0, 0.1) is 11.3 Å². The van der Waals surface area contributed by atoms with Gasteiger partial charge in [-0.3, -0.25) is 9.59 Å². The molecule has 2 aliphatic heterocycles. The van der Waals surface area contributed by atoms with Crippen LogP contribution in [0.25, 0.3) is 0 Å². The minimum absolute atomic E-state index is 0.0339. The number of esters is 1. The van der Waals surface area contributed by atoms with E-state index in [-0.39, 0.29) is 23.2 Å². The first kappa shape index (κ1) is 9.45. The predicted octanol–water partition coefficient (Wildman–Crippen LogP) is -1.11. The summed E-state index contributed by atoms with van der Waals surface area (Å²) >= 11 is 0. The number of carbonyl (C=O) groups is 2. The molecule has 2 rings (SSSR count). The lowest BCUT2D eigenvalue weighted by Crippen LogP contribution is -2.65. The molecule has 2 N–H and O–H groups in total. The molecular weight excluding hydrogens is 184 g/mol. The van der Waals surface area contributed by atoms with Crippen molar-refractivity contribution in [3.63, 3.8) is 0 Å². The van der Waals surface area contributed by atoms with E-state index < -0.39 is 0 Å². The first-order valence-corrected chi connectivity index (χ1v) is 4.73. The molecule has 2 aliphatic rings. The van der Waals surface area contributed by atoms with Gasteiger partial charge in [0.05, 0.1) is 13.0 Å². The van der Waals surface area contributed by atoms with Crippen molar-refractivity contribution in [1.82, 2.24) is 10.6 Å². The van der Waals surface area contributed by atoms with Crippen molar-refractivity contribution in [2.75, 3.05) is 26.7 Å². The van der Waals surface area contributed by atoms with Gasteiger partial charge in [0.1, 0.15) is 0 Å². The predicted molar refractivity (Wildman–Crippen MR) is 48.4 cm³/mol. The maximum atomic E-state index is 11.5. The summed E-state index contributed by atoms with van der Waals surface area (Å²) in [5.41, 5.74) is -0.185. The second-order valence-corrected chi connectivity index (χ2v) is 4.02. The number of hydrogen-bond donors (Lipinski definition) is 2. The van der Waals surface area contributed by atoms with E-state index in [0.29, 0.717) is 13.0 Å². The molecule has 0 bridgehead atoms. The Morgan fingerprint density at radius 1 is 1.57 bits per heavy atom. The third-order valence-corrected chi connectivity index (χ3v) is 3.19. The molecule has 2 fully saturated rings. The fourth-order valence-corrected chi connectivity index (χ4v) is 2.23. The molecule has 14 heavy (non-hydrogen) atoms. The fraction of sp³-hybridized carbons (Fsp3) is 0.778. The van der Waals surface area contributed by atoms with E-state index in [9.17, 15) is 9.59 Å². The maximum absolute atomic E-state index is 11.5. The topological polar surface area (TPSA) is 67.4 Å². The number of ether oxygens (including phenoxy) is 1. The summed E-state index contributed by atoms with van der Waals surface area (Å²) in [6, 6.07) is 0. The van der Waals surface area contributed by atoms with Crippen molar-refractivity contribution in [3.8, 4) is 0 Å². The van der Waals surface area contributed by atoms with Crippen molar-refractivity contribution in [2.45, 2.75) is 6.42 Å². The summed E-state index contributed by atoms with van der Waals surface area (Å²) in [7, 11) is 1.39. The van der Waals surface area contributed by atoms with Crippen LogP contribution in [0.4, 0.5) is 0 Å². The summed E-state index contributed by atoms with van der Waals surface area (Å²) < 4.78 is 4.74. The summed E-state index contributed by atoms with van der Waals surface area (Å²) in [5, 5.41) is 5.82. The third-order valence-electron chi connectivity index (χ3n) is 3.19. The number of rotatable bonds is 1. The van der Waals surface area contributed by atoms with Crippen LogP contribution in [0.15, 0.2) is 0 Å². The molecule has 0 saturated carbocycles. The zero-order chi connectivity index (χ0) is 10.2. The number of hydrogen-bond acceptors (Lipinski definition) is 4. The zero-order valence-corrected chi connectivity index (χ0v) is 8.13. The van der Waals surface area contributed by atoms with Gasteiger partial charge in [-0.2, -0.15) is 0 Å². The number of amides is 1. The molecule has 0 aliphatic carbocycles. The standard InChI is InChI=1S/C9H14N2O3/c1-14-8(13)6-3-11-7(12)2-9(6)4-10-5-9/h6,10H,2-5H2,1H3,(H,11,12). The van der Waals surface area contributed by atoms with Gasteiger partial charge in [-0.15, -0.1) is 0 Å². The van der Waals surface area contributed by atoms with Crippen molar-refractivity contribution < 1.29 is 14.3 Å². The quantitative estimate of drug-likeness (QED) is 0.524. The second-order valence-electron chi connectivity index (χ2n) is 4.02. The Balaban J connectivity index is 2.15. The molecule has 0 aromatic rings. The van der Waals surface area contributed by atoms with Crippen molar-refractivity contribution in [3.05, 3.63) is 0 Å². The van der Waals surface area contributed by atoms with Gasteiger partial charge in [0.15, 0.2) is 0 Å². The average molecular weight is 198 g/mol. The molecule has 1 unspecified atom stereocenters. The summed E-state index contributed by atoms with van der Waals surface area (Å²) in [4.78, 5) is 22.7. The van der Waals surface area contributed by atoms with Crippen LogP contribution >= 0.6 is 0 Å². The smallest absolute Gasteiger partial charge is 0.311 e. The molecule has 5 heteroatoms. The molecule has 78 valence electrons. The van der Waals surface area contributed by atoms with E-state index in [1.165, 1.54) is 7.11 Å². The minimum Gasteiger partial charge on any atom is -0.469 e. The molecule has 0 radical (unpaired) electrons. The zero-order valence-electron chi connectivity index (χ0n) is 8.13. The Morgan fingerprint density at radius 2 is 2.29 bits per heavy atom. The normalized spacial score (nSPS) is 29.2. The van der Waals surface area contributed by atoms with Crippen LogP contribution in [0.2, 0.25) is 0 Å². The van der Waals surface area contributed by atoms with Crippen LogP contribution in [0.3, 0.4) is 0 Å². The number of piperidine rings is 1. The van der Waals surface area contributed by atoms with Crippen molar-refractivity contribution >= 4 is 11.9 Å². The van der Waals surface area contributed by atoms with Crippen molar-refractivity contribution in [1.29, 1.82) is 0 Å². The van der Waals surface area contributed by atoms with E-state index in [1.807, 2.05) is 0 Å². The highest BCUT2D eigenvalue weighted by Gasteiger charge is 2.51. The van der Waals surface area contributed by atoms with Crippen LogP contribution in [-0.4, -0.2) is 38.6 Å². The van der Waals surface area contributed by atoms with E-state index in [2.05, 4.69) is 10.6 Å². The van der Waals surface area contributed by atoms with Gasteiger partial charge < -0.3 is 15.4 Å². The van der Waals surface area contributed by atoms with Gasteiger partial charge in [-0.1, -0.05) is 0 Å². The van der Waals surface area contributed by atoms with Crippen molar-refractivity contribution in [2.24, 2.45) is 11.3 Å². The number of methoxy groups -OCH3 is 1. The molecule has 0 aromatic heterocycles.